The number of carbonyl (C=O) groups is 2. The van der Waals surface area contributed by atoms with Crippen molar-refractivity contribution in [3.63, 3.8) is 0 Å². The molecule has 5 heteroatoms. The van der Waals surface area contributed by atoms with Gasteiger partial charge in [0.05, 0.1) is 11.4 Å². The second kappa shape index (κ2) is 4.40. The van der Waals surface area contributed by atoms with Gasteiger partial charge in [0.1, 0.15) is 12.1 Å². The first-order chi connectivity index (χ1) is 8.41. The highest BCUT2D eigenvalue weighted by Gasteiger charge is 2.37. The molecule has 1 fully saturated rings. The largest absolute Gasteiger partial charge is 0.343 e. The van der Waals surface area contributed by atoms with Crippen molar-refractivity contribution >= 4 is 17.5 Å². The molecule has 1 saturated heterocycles. The van der Waals surface area contributed by atoms with Crippen molar-refractivity contribution in [2.24, 2.45) is 0 Å². The molecular formula is C13H17N3O2. The van der Waals surface area contributed by atoms with Crippen LogP contribution in [-0.4, -0.2) is 28.9 Å². The zero-order chi connectivity index (χ0) is 13.4. The first kappa shape index (κ1) is 12.5. The van der Waals surface area contributed by atoms with Gasteiger partial charge in [-0.05, 0) is 39.8 Å². The van der Waals surface area contributed by atoms with Crippen molar-refractivity contribution in [2.45, 2.75) is 39.8 Å². The molecule has 5 nitrogen and oxygen atoms in total. The van der Waals surface area contributed by atoms with E-state index in [4.69, 9.17) is 0 Å². The lowest BCUT2D eigenvalue weighted by Crippen LogP contribution is -2.61. The zero-order valence-corrected chi connectivity index (χ0v) is 11.0. The molecule has 1 aromatic rings. The standard InChI is InChI=1S/C13H17N3O2/c1-7-5-6-11(8(2)14-7)16-10(4)12(17)15-9(3)13(16)18/h5-6,9-10H,1-4H3,(H,15,17). The maximum atomic E-state index is 12.2. The Morgan fingerprint density at radius 2 is 1.89 bits per heavy atom. The average Bonchev–Trinajstić information content (AvgIpc) is 2.29. The van der Waals surface area contributed by atoms with Gasteiger partial charge in [0.2, 0.25) is 11.8 Å². The third-order valence-corrected chi connectivity index (χ3v) is 3.19. The average molecular weight is 247 g/mol. The smallest absolute Gasteiger partial charge is 0.250 e. The summed E-state index contributed by atoms with van der Waals surface area (Å²) in [7, 11) is 0. The lowest BCUT2D eigenvalue weighted by atomic mass is 10.1. The second-order valence-corrected chi connectivity index (χ2v) is 4.67. The number of hydrogen-bond acceptors (Lipinski definition) is 3. The zero-order valence-electron chi connectivity index (χ0n) is 11.0. The number of piperazine rings is 1. The molecule has 0 saturated carbocycles. The number of hydrogen-bond donors (Lipinski definition) is 1. The van der Waals surface area contributed by atoms with E-state index in [1.165, 1.54) is 4.90 Å². The van der Waals surface area contributed by atoms with Crippen LogP contribution in [0, 0.1) is 13.8 Å². The van der Waals surface area contributed by atoms with Crippen molar-refractivity contribution in [2.75, 3.05) is 4.90 Å². The summed E-state index contributed by atoms with van der Waals surface area (Å²) < 4.78 is 0. The third kappa shape index (κ3) is 1.96. The molecular weight excluding hydrogens is 230 g/mol. The normalized spacial score (nSPS) is 24.1. The highest BCUT2D eigenvalue weighted by Crippen LogP contribution is 2.24. The molecule has 1 aliphatic heterocycles. The van der Waals surface area contributed by atoms with Gasteiger partial charge in [-0.2, -0.15) is 0 Å². The number of carbonyl (C=O) groups excluding carboxylic acids is 2. The first-order valence-corrected chi connectivity index (χ1v) is 5.99. The maximum Gasteiger partial charge on any atom is 0.250 e. The molecule has 2 rings (SSSR count). The molecule has 1 aromatic heterocycles. The predicted molar refractivity (Wildman–Crippen MR) is 68.3 cm³/mol. The lowest BCUT2D eigenvalue weighted by molar-refractivity contribution is -0.133. The van der Waals surface area contributed by atoms with E-state index in [1.54, 1.807) is 13.8 Å². The van der Waals surface area contributed by atoms with Crippen LogP contribution in [0.2, 0.25) is 0 Å². The fourth-order valence-electron chi connectivity index (χ4n) is 2.17. The second-order valence-electron chi connectivity index (χ2n) is 4.67. The molecule has 0 radical (unpaired) electrons. The minimum atomic E-state index is -0.503. The molecule has 1 aliphatic rings. The summed E-state index contributed by atoms with van der Waals surface area (Å²) in [6.45, 7) is 7.15. The fraction of sp³-hybridized carbons (Fsp3) is 0.462. The van der Waals surface area contributed by atoms with Crippen molar-refractivity contribution in [1.29, 1.82) is 0 Å². The molecule has 0 spiro atoms. The van der Waals surface area contributed by atoms with E-state index in [0.717, 1.165) is 11.4 Å². The molecule has 0 aliphatic carbocycles. The van der Waals surface area contributed by atoms with E-state index in [9.17, 15) is 9.59 Å². The van der Waals surface area contributed by atoms with E-state index >= 15 is 0 Å². The summed E-state index contributed by atoms with van der Waals surface area (Å²) in [6.07, 6.45) is 0. The van der Waals surface area contributed by atoms with Gasteiger partial charge in [-0.25, -0.2) is 0 Å². The Bertz CT molecular complexity index is 513. The van der Waals surface area contributed by atoms with Crippen LogP contribution in [-0.2, 0) is 9.59 Å². The van der Waals surface area contributed by atoms with Crippen LogP contribution >= 0.6 is 0 Å². The van der Waals surface area contributed by atoms with Crippen LogP contribution in [0.25, 0.3) is 0 Å². The first-order valence-electron chi connectivity index (χ1n) is 5.99. The van der Waals surface area contributed by atoms with Crippen LogP contribution in [0.1, 0.15) is 25.2 Å². The van der Waals surface area contributed by atoms with Gasteiger partial charge < -0.3 is 5.32 Å². The lowest BCUT2D eigenvalue weighted by Gasteiger charge is -2.36. The Morgan fingerprint density at radius 1 is 1.22 bits per heavy atom. The number of aryl methyl sites for hydroxylation is 2. The van der Waals surface area contributed by atoms with Gasteiger partial charge in [-0.1, -0.05) is 0 Å². The SMILES string of the molecule is Cc1ccc(N2C(=O)C(C)NC(=O)C2C)c(C)n1. The summed E-state index contributed by atoms with van der Waals surface area (Å²) in [5, 5.41) is 2.66. The Hall–Kier alpha value is -1.91. The quantitative estimate of drug-likeness (QED) is 0.803. The molecule has 2 atom stereocenters. The number of amides is 2. The Kier molecular flexibility index (Phi) is 3.07. The monoisotopic (exact) mass is 247 g/mol. The third-order valence-electron chi connectivity index (χ3n) is 3.19. The molecule has 0 bridgehead atoms. The number of pyridine rings is 1. The van der Waals surface area contributed by atoms with Crippen LogP contribution in [0.3, 0.4) is 0 Å². The van der Waals surface area contributed by atoms with Gasteiger partial charge in [0.15, 0.2) is 0 Å². The van der Waals surface area contributed by atoms with Crippen LogP contribution in [0.5, 0.6) is 0 Å². The minimum absolute atomic E-state index is 0.101. The van der Waals surface area contributed by atoms with E-state index in [0.29, 0.717) is 5.69 Å². The molecule has 0 aromatic carbocycles. The topological polar surface area (TPSA) is 62.3 Å². The number of rotatable bonds is 1. The number of nitrogens with one attached hydrogen (secondary N) is 1. The fourth-order valence-corrected chi connectivity index (χ4v) is 2.17. The van der Waals surface area contributed by atoms with Gasteiger partial charge in [0.25, 0.3) is 0 Å². The van der Waals surface area contributed by atoms with Crippen molar-refractivity contribution in [3.05, 3.63) is 23.5 Å². The van der Waals surface area contributed by atoms with E-state index in [-0.39, 0.29) is 11.8 Å². The van der Waals surface area contributed by atoms with E-state index < -0.39 is 12.1 Å². The Morgan fingerprint density at radius 3 is 2.50 bits per heavy atom. The summed E-state index contributed by atoms with van der Waals surface area (Å²) in [5.74, 6) is -0.238. The minimum Gasteiger partial charge on any atom is -0.343 e. The maximum absolute atomic E-state index is 12.2. The molecule has 96 valence electrons. The molecule has 2 amide bonds. The summed E-state index contributed by atoms with van der Waals surface area (Å²) in [6, 6.07) is 2.70. The van der Waals surface area contributed by atoms with E-state index in [1.807, 2.05) is 26.0 Å². The molecule has 1 N–H and O–H groups in total. The Balaban J connectivity index is 2.46. The highest BCUT2D eigenvalue weighted by atomic mass is 16.2. The number of aromatic nitrogens is 1. The molecule has 2 heterocycles. The highest BCUT2D eigenvalue weighted by molar-refractivity contribution is 6.08. The van der Waals surface area contributed by atoms with Gasteiger partial charge >= 0.3 is 0 Å². The van der Waals surface area contributed by atoms with Gasteiger partial charge in [-0.3, -0.25) is 19.5 Å². The number of anilines is 1. The predicted octanol–water partition coefficient (Wildman–Crippen LogP) is 0.938. The van der Waals surface area contributed by atoms with E-state index in [2.05, 4.69) is 10.3 Å². The number of nitrogens with zero attached hydrogens (tertiary/aromatic N) is 2. The molecule has 2 unspecified atom stereocenters. The van der Waals surface area contributed by atoms with Crippen LogP contribution in [0.15, 0.2) is 12.1 Å². The van der Waals surface area contributed by atoms with Gasteiger partial charge in [-0.15, -0.1) is 0 Å². The molecule has 18 heavy (non-hydrogen) atoms. The van der Waals surface area contributed by atoms with Crippen LogP contribution in [0.4, 0.5) is 5.69 Å². The summed E-state index contributed by atoms with van der Waals surface area (Å²) in [4.78, 5) is 29.9. The summed E-state index contributed by atoms with van der Waals surface area (Å²) >= 11 is 0. The van der Waals surface area contributed by atoms with Crippen molar-refractivity contribution in [1.82, 2.24) is 10.3 Å². The van der Waals surface area contributed by atoms with Crippen molar-refractivity contribution in [3.8, 4) is 0 Å². The van der Waals surface area contributed by atoms with Crippen LogP contribution < -0.4 is 10.2 Å². The van der Waals surface area contributed by atoms with Gasteiger partial charge in [0, 0.05) is 5.69 Å². The summed E-state index contributed by atoms with van der Waals surface area (Å²) in [5.41, 5.74) is 2.36. The Labute approximate surface area is 106 Å². The van der Waals surface area contributed by atoms with Crippen molar-refractivity contribution < 1.29 is 9.59 Å².